The van der Waals surface area contributed by atoms with Gasteiger partial charge >= 0.3 is 5.97 Å². The standard InChI is InChI=1S/C18H26N4O4/c1-11-9-15(21(2)20-11)22-8-4-7-14(17(22)24)19-16(23)12-5-3-6-13(10-12)18(25)26/h9,12-14H,3-8,10H2,1-2H3,(H,19,23)(H,25,26). The lowest BCUT2D eigenvalue weighted by Crippen LogP contribution is -2.54. The smallest absolute Gasteiger partial charge is 0.306 e. The number of nitrogens with zero attached hydrogens (tertiary/aromatic N) is 3. The molecule has 2 heterocycles. The van der Waals surface area contributed by atoms with E-state index in [2.05, 4.69) is 10.4 Å². The number of anilines is 1. The SMILES string of the molecule is Cc1cc(N2CCCC(NC(=O)C3CCCC(C(=O)O)C3)C2=O)n(C)n1. The maximum atomic E-state index is 12.9. The molecule has 3 atom stereocenters. The minimum absolute atomic E-state index is 0.127. The summed E-state index contributed by atoms with van der Waals surface area (Å²) >= 11 is 0. The summed E-state index contributed by atoms with van der Waals surface area (Å²) in [6.07, 6.45) is 3.79. The highest BCUT2D eigenvalue weighted by molar-refractivity contribution is 5.99. The van der Waals surface area contributed by atoms with Crippen LogP contribution in [0.25, 0.3) is 0 Å². The number of hydrogen-bond acceptors (Lipinski definition) is 4. The van der Waals surface area contributed by atoms with Gasteiger partial charge in [-0.1, -0.05) is 6.42 Å². The number of hydrogen-bond donors (Lipinski definition) is 2. The molecule has 0 aromatic carbocycles. The Morgan fingerprint density at radius 1 is 1.23 bits per heavy atom. The molecular formula is C18H26N4O4. The number of carboxylic acids is 1. The summed E-state index contributed by atoms with van der Waals surface area (Å²) in [5, 5.41) is 16.3. The number of carbonyl (C=O) groups is 3. The number of rotatable bonds is 4. The van der Waals surface area contributed by atoms with Gasteiger partial charge in [0.1, 0.15) is 11.9 Å². The van der Waals surface area contributed by atoms with Gasteiger partial charge in [-0.25, -0.2) is 0 Å². The van der Waals surface area contributed by atoms with Crippen molar-refractivity contribution in [2.24, 2.45) is 18.9 Å². The van der Waals surface area contributed by atoms with E-state index in [0.29, 0.717) is 32.2 Å². The van der Waals surface area contributed by atoms with E-state index in [9.17, 15) is 19.5 Å². The summed E-state index contributed by atoms with van der Waals surface area (Å²) in [6.45, 7) is 2.48. The number of carbonyl (C=O) groups excluding carboxylic acids is 2. The van der Waals surface area contributed by atoms with E-state index in [1.54, 1.807) is 16.6 Å². The third kappa shape index (κ3) is 3.73. The molecule has 2 aliphatic rings. The van der Waals surface area contributed by atoms with Crippen molar-refractivity contribution < 1.29 is 19.5 Å². The first-order valence-electron chi connectivity index (χ1n) is 9.22. The molecule has 3 rings (SSSR count). The molecule has 0 radical (unpaired) electrons. The average Bonchev–Trinajstić information content (AvgIpc) is 2.95. The first-order valence-corrected chi connectivity index (χ1v) is 9.22. The largest absolute Gasteiger partial charge is 0.481 e. The zero-order chi connectivity index (χ0) is 18.8. The average molecular weight is 362 g/mol. The van der Waals surface area contributed by atoms with Crippen molar-refractivity contribution in [2.45, 2.75) is 51.5 Å². The summed E-state index contributed by atoms with van der Waals surface area (Å²) in [4.78, 5) is 38.3. The highest BCUT2D eigenvalue weighted by Crippen LogP contribution is 2.30. The Hall–Kier alpha value is -2.38. The molecule has 1 aliphatic carbocycles. The predicted octanol–water partition coefficient (Wildman–Crippen LogP) is 1.23. The lowest BCUT2D eigenvalue weighted by molar-refractivity contribution is -0.144. The first kappa shape index (κ1) is 18.4. The number of aliphatic carboxylic acids is 1. The zero-order valence-electron chi connectivity index (χ0n) is 15.3. The van der Waals surface area contributed by atoms with E-state index in [1.165, 1.54) is 0 Å². The Balaban J connectivity index is 1.65. The molecule has 0 bridgehead atoms. The van der Waals surface area contributed by atoms with E-state index in [0.717, 1.165) is 24.4 Å². The summed E-state index contributed by atoms with van der Waals surface area (Å²) in [5.74, 6) is -1.22. The zero-order valence-corrected chi connectivity index (χ0v) is 15.3. The lowest BCUT2D eigenvalue weighted by atomic mass is 9.81. The second kappa shape index (κ2) is 7.47. The van der Waals surface area contributed by atoms with Crippen LogP contribution in [0.1, 0.15) is 44.2 Å². The van der Waals surface area contributed by atoms with Crippen LogP contribution in [0.15, 0.2) is 6.07 Å². The Kier molecular flexibility index (Phi) is 5.29. The Bertz CT molecular complexity index is 714. The molecule has 2 fully saturated rings. The van der Waals surface area contributed by atoms with E-state index in [4.69, 9.17) is 0 Å². The second-order valence-electron chi connectivity index (χ2n) is 7.36. The molecule has 2 amide bonds. The number of aromatic nitrogens is 2. The highest BCUT2D eigenvalue weighted by Gasteiger charge is 2.36. The second-order valence-corrected chi connectivity index (χ2v) is 7.36. The minimum atomic E-state index is -0.839. The van der Waals surface area contributed by atoms with E-state index in [1.807, 2.05) is 13.0 Å². The Morgan fingerprint density at radius 3 is 2.62 bits per heavy atom. The van der Waals surface area contributed by atoms with Gasteiger partial charge in [-0.15, -0.1) is 0 Å². The van der Waals surface area contributed by atoms with Crippen molar-refractivity contribution in [3.8, 4) is 0 Å². The fourth-order valence-corrected chi connectivity index (χ4v) is 4.03. The molecular weight excluding hydrogens is 336 g/mol. The molecule has 3 unspecified atom stereocenters. The first-order chi connectivity index (χ1) is 12.4. The summed E-state index contributed by atoms with van der Waals surface area (Å²) < 4.78 is 1.68. The molecule has 1 saturated heterocycles. The van der Waals surface area contributed by atoms with Gasteiger partial charge in [-0.2, -0.15) is 5.10 Å². The van der Waals surface area contributed by atoms with Gasteiger partial charge in [0.15, 0.2) is 0 Å². The van der Waals surface area contributed by atoms with Crippen molar-refractivity contribution >= 4 is 23.6 Å². The van der Waals surface area contributed by atoms with Crippen LogP contribution in [0.4, 0.5) is 5.82 Å². The topological polar surface area (TPSA) is 105 Å². The van der Waals surface area contributed by atoms with Crippen LogP contribution >= 0.6 is 0 Å². The van der Waals surface area contributed by atoms with Crippen molar-refractivity contribution in [3.63, 3.8) is 0 Å². The molecule has 1 saturated carbocycles. The molecule has 8 nitrogen and oxygen atoms in total. The third-order valence-electron chi connectivity index (χ3n) is 5.40. The Labute approximate surface area is 152 Å². The van der Waals surface area contributed by atoms with Gasteiger partial charge < -0.3 is 10.4 Å². The number of carboxylic acid groups (broad SMARTS) is 1. The maximum Gasteiger partial charge on any atom is 0.306 e. The fourth-order valence-electron chi connectivity index (χ4n) is 4.03. The molecule has 1 aromatic heterocycles. The van der Waals surface area contributed by atoms with Gasteiger partial charge in [-0.3, -0.25) is 24.0 Å². The summed E-state index contributed by atoms with van der Waals surface area (Å²) in [5.41, 5.74) is 0.836. The van der Waals surface area contributed by atoms with Crippen LogP contribution in [0.3, 0.4) is 0 Å². The number of amides is 2. The number of piperidine rings is 1. The van der Waals surface area contributed by atoms with Crippen LogP contribution in [0.5, 0.6) is 0 Å². The predicted molar refractivity (Wildman–Crippen MR) is 94.5 cm³/mol. The highest BCUT2D eigenvalue weighted by atomic mass is 16.4. The van der Waals surface area contributed by atoms with Crippen molar-refractivity contribution in [1.29, 1.82) is 0 Å². The molecule has 1 aromatic rings. The normalized spacial score (nSPS) is 26.6. The van der Waals surface area contributed by atoms with Crippen LogP contribution in [-0.4, -0.2) is 45.3 Å². The van der Waals surface area contributed by atoms with Gasteiger partial charge in [-0.05, 0) is 39.0 Å². The van der Waals surface area contributed by atoms with Crippen molar-refractivity contribution in [1.82, 2.24) is 15.1 Å². The summed E-state index contributed by atoms with van der Waals surface area (Å²) in [6, 6.07) is 1.30. The molecule has 1 aliphatic heterocycles. The monoisotopic (exact) mass is 362 g/mol. The molecule has 2 N–H and O–H groups in total. The Morgan fingerprint density at radius 2 is 1.96 bits per heavy atom. The quantitative estimate of drug-likeness (QED) is 0.838. The van der Waals surface area contributed by atoms with Crippen molar-refractivity contribution in [3.05, 3.63) is 11.8 Å². The number of aryl methyl sites for hydroxylation is 2. The van der Waals surface area contributed by atoms with Gasteiger partial charge in [0.2, 0.25) is 5.91 Å². The molecule has 0 spiro atoms. The third-order valence-corrected chi connectivity index (χ3v) is 5.40. The van der Waals surface area contributed by atoms with Crippen LogP contribution in [0.2, 0.25) is 0 Å². The van der Waals surface area contributed by atoms with Crippen LogP contribution in [-0.2, 0) is 21.4 Å². The van der Waals surface area contributed by atoms with Crippen LogP contribution < -0.4 is 10.2 Å². The fraction of sp³-hybridized carbons (Fsp3) is 0.667. The molecule has 142 valence electrons. The van der Waals surface area contributed by atoms with Gasteiger partial charge in [0.25, 0.3) is 5.91 Å². The maximum absolute atomic E-state index is 12.9. The molecule has 26 heavy (non-hydrogen) atoms. The summed E-state index contributed by atoms with van der Waals surface area (Å²) in [7, 11) is 1.80. The van der Waals surface area contributed by atoms with Crippen LogP contribution in [0, 0.1) is 18.8 Å². The minimum Gasteiger partial charge on any atom is -0.481 e. The molecule has 8 heteroatoms. The van der Waals surface area contributed by atoms with E-state index < -0.39 is 17.9 Å². The van der Waals surface area contributed by atoms with Crippen molar-refractivity contribution in [2.75, 3.05) is 11.4 Å². The van der Waals surface area contributed by atoms with E-state index >= 15 is 0 Å². The van der Waals surface area contributed by atoms with Gasteiger partial charge in [0, 0.05) is 25.6 Å². The van der Waals surface area contributed by atoms with E-state index in [-0.39, 0.29) is 17.7 Å². The number of nitrogens with one attached hydrogen (secondary N) is 1. The lowest BCUT2D eigenvalue weighted by Gasteiger charge is -2.33. The van der Waals surface area contributed by atoms with Gasteiger partial charge in [0.05, 0.1) is 11.6 Å².